The van der Waals surface area contributed by atoms with Gasteiger partial charge in [-0.1, -0.05) is 23.7 Å². The second kappa shape index (κ2) is 5.39. The Labute approximate surface area is 122 Å². The van der Waals surface area contributed by atoms with E-state index in [2.05, 4.69) is 10.3 Å². The lowest BCUT2D eigenvalue weighted by Crippen LogP contribution is -1.92. The third kappa shape index (κ3) is 2.53. The summed E-state index contributed by atoms with van der Waals surface area (Å²) in [5.41, 5.74) is 0.920. The number of rotatable bonds is 3. The Morgan fingerprint density at radius 2 is 1.90 bits per heavy atom. The first-order valence-corrected chi connectivity index (χ1v) is 6.65. The van der Waals surface area contributed by atoms with Gasteiger partial charge in [-0.25, -0.2) is 4.98 Å². The Kier molecular flexibility index (Phi) is 3.44. The topological polar surface area (TPSA) is 34.1 Å². The second-order valence-corrected chi connectivity index (χ2v) is 4.74. The van der Waals surface area contributed by atoms with Crippen LogP contribution in [-0.4, -0.2) is 12.0 Å². The maximum absolute atomic E-state index is 6.09. The van der Waals surface area contributed by atoms with Crippen LogP contribution < -0.4 is 10.1 Å². The van der Waals surface area contributed by atoms with Crippen LogP contribution in [0.3, 0.4) is 0 Å². The highest BCUT2D eigenvalue weighted by molar-refractivity contribution is 6.32. The lowest BCUT2D eigenvalue weighted by molar-refractivity contribution is 0.483. The summed E-state index contributed by atoms with van der Waals surface area (Å²) in [6.07, 6.45) is 0. The number of fused-ring (bicyclic) bond motifs is 1. The quantitative estimate of drug-likeness (QED) is 0.755. The first kappa shape index (κ1) is 12.8. The predicted octanol–water partition coefficient (Wildman–Crippen LogP) is 4.72. The second-order valence-electron chi connectivity index (χ2n) is 4.33. The summed E-state index contributed by atoms with van der Waals surface area (Å²) in [7, 11) is 1.85. The molecule has 1 N–H and O–H groups in total. The summed E-state index contributed by atoms with van der Waals surface area (Å²) in [5, 5.41) is 4.64. The summed E-state index contributed by atoms with van der Waals surface area (Å²) in [5.74, 6) is 2.23. The van der Waals surface area contributed by atoms with Crippen LogP contribution in [0.4, 0.5) is 5.82 Å². The Morgan fingerprint density at radius 1 is 1.05 bits per heavy atom. The van der Waals surface area contributed by atoms with E-state index in [1.807, 2.05) is 55.6 Å². The van der Waals surface area contributed by atoms with Crippen molar-refractivity contribution in [2.75, 3.05) is 12.4 Å². The summed E-state index contributed by atoms with van der Waals surface area (Å²) in [6.45, 7) is 0. The Balaban J connectivity index is 1.95. The third-order valence-corrected chi connectivity index (χ3v) is 3.29. The summed E-state index contributed by atoms with van der Waals surface area (Å²) in [6, 6.07) is 17.1. The molecule has 0 bridgehead atoms. The minimum absolute atomic E-state index is 0.594. The zero-order valence-corrected chi connectivity index (χ0v) is 11.7. The Morgan fingerprint density at radius 3 is 2.70 bits per heavy atom. The molecule has 100 valence electrons. The molecule has 2 aromatic carbocycles. The molecule has 0 fully saturated rings. The van der Waals surface area contributed by atoms with Crippen molar-refractivity contribution in [1.29, 1.82) is 0 Å². The van der Waals surface area contributed by atoms with Gasteiger partial charge in [-0.2, -0.15) is 0 Å². The van der Waals surface area contributed by atoms with E-state index >= 15 is 0 Å². The minimum Gasteiger partial charge on any atom is -0.456 e. The maximum atomic E-state index is 6.09. The van der Waals surface area contributed by atoms with E-state index in [4.69, 9.17) is 16.3 Å². The standard InChI is InChI=1S/C16H13ClN2O/c1-18-16-9-6-11-10-12(7-8-14(11)19-16)20-15-5-3-2-4-13(15)17/h2-10H,1H3,(H,18,19). The van der Waals surface area contributed by atoms with Crippen molar-refractivity contribution in [2.24, 2.45) is 0 Å². The normalized spacial score (nSPS) is 10.5. The van der Waals surface area contributed by atoms with Crippen LogP contribution >= 0.6 is 11.6 Å². The maximum Gasteiger partial charge on any atom is 0.146 e. The van der Waals surface area contributed by atoms with E-state index < -0.39 is 0 Å². The van der Waals surface area contributed by atoms with Crippen LogP contribution in [0.2, 0.25) is 5.02 Å². The van der Waals surface area contributed by atoms with Gasteiger partial charge in [-0.15, -0.1) is 0 Å². The number of para-hydroxylation sites is 1. The van der Waals surface area contributed by atoms with Gasteiger partial charge in [-0.05, 0) is 42.5 Å². The number of anilines is 1. The molecular weight excluding hydrogens is 272 g/mol. The monoisotopic (exact) mass is 284 g/mol. The highest BCUT2D eigenvalue weighted by Gasteiger charge is 2.04. The van der Waals surface area contributed by atoms with E-state index in [1.54, 1.807) is 6.07 Å². The van der Waals surface area contributed by atoms with Gasteiger partial charge in [0.2, 0.25) is 0 Å². The molecule has 0 saturated heterocycles. The molecule has 0 amide bonds. The van der Waals surface area contributed by atoms with E-state index in [-0.39, 0.29) is 0 Å². The molecule has 3 rings (SSSR count). The van der Waals surface area contributed by atoms with Crippen LogP contribution in [-0.2, 0) is 0 Å². The summed E-state index contributed by atoms with van der Waals surface area (Å²) in [4.78, 5) is 4.47. The van der Waals surface area contributed by atoms with Gasteiger partial charge in [0.05, 0.1) is 10.5 Å². The first-order valence-electron chi connectivity index (χ1n) is 6.27. The zero-order chi connectivity index (χ0) is 13.9. The number of nitrogens with one attached hydrogen (secondary N) is 1. The summed E-state index contributed by atoms with van der Waals surface area (Å²) >= 11 is 6.09. The molecule has 0 aliphatic rings. The minimum atomic E-state index is 0.594. The average Bonchev–Trinajstić information content (AvgIpc) is 2.49. The number of pyridine rings is 1. The number of hydrogen-bond acceptors (Lipinski definition) is 3. The number of benzene rings is 2. The van der Waals surface area contributed by atoms with Crippen LogP contribution in [0.5, 0.6) is 11.5 Å². The number of hydrogen-bond donors (Lipinski definition) is 1. The SMILES string of the molecule is CNc1ccc2cc(Oc3ccccc3Cl)ccc2n1. The van der Waals surface area contributed by atoms with Gasteiger partial charge < -0.3 is 10.1 Å². The van der Waals surface area contributed by atoms with Crippen molar-refractivity contribution in [3.63, 3.8) is 0 Å². The predicted molar refractivity (Wildman–Crippen MR) is 82.8 cm³/mol. The van der Waals surface area contributed by atoms with E-state index in [0.29, 0.717) is 10.8 Å². The molecule has 1 aromatic heterocycles. The first-order chi connectivity index (χ1) is 9.76. The fourth-order valence-electron chi connectivity index (χ4n) is 1.96. The van der Waals surface area contributed by atoms with Crippen molar-refractivity contribution in [3.8, 4) is 11.5 Å². The molecule has 0 atom stereocenters. The molecule has 3 aromatic rings. The van der Waals surface area contributed by atoms with E-state index in [9.17, 15) is 0 Å². The van der Waals surface area contributed by atoms with Gasteiger partial charge in [0.1, 0.15) is 17.3 Å². The third-order valence-electron chi connectivity index (χ3n) is 2.98. The molecule has 3 nitrogen and oxygen atoms in total. The highest BCUT2D eigenvalue weighted by atomic mass is 35.5. The Bertz CT molecular complexity index is 758. The van der Waals surface area contributed by atoms with Gasteiger partial charge in [0.25, 0.3) is 0 Å². The molecule has 0 saturated carbocycles. The molecule has 0 aliphatic carbocycles. The molecule has 0 radical (unpaired) electrons. The van der Waals surface area contributed by atoms with Crippen molar-refractivity contribution in [2.45, 2.75) is 0 Å². The molecule has 4 heteroatoms. The summed E-state index contributed by atoms with van der Waals surface area (Å²) < 4.78 is 5.80. The van der Waals surface area contributed by atoms with Crippen LogP contribution in [0.1, 0.15) is 0 Å². The number of aromatic nitrogens is 1. The van der Waals surface area contributed by atoms with Crippen molar-refractivity contribution < 1.29 is 4.74 Å². The van der Waals surface area contributed by atoms with Gasteiger partial charge in [0.15, 0.2) is 0 Å². The van der Waals surface area contributed by atoms with E-state index in [0.717, 1.165) is 22.5 Å². The van der Waals surface area contributed by atoms with Crippen LogP contribution in [0.15, 0.2) is 54.6 Å². The van der Waals surface area contributed by atoms with Gasteiger partial charge in [0, 0.05) is 12.4 Å². The smallest absolute Gasteiger partial charge is 0.146 e. The molecule has 0 spiro atoms. The lowest BCUT2D eigenvalue weighted by atomic mass is 10.2. The van der Waals surface area contributed by atoms with Crippen molar-refractivity contribution >= 4 is 28.3 Å². The molecule has 20 heavy (non-hydrogen) atoms. The van der Waals surface area contributed by atoms with E-state index in [1.165, 1.54) is 0 Å². The van der Waals surface area contributed by atoms with Crippen LogP contribution in [0, 0.1) is 0 Å². The van der Waals surface area contributed by atoms with Gasteiger partial charge >= 0.3 is 0 Å². The molecule has 0 unspecified atom stereocenters. The molecule has 1 heterocycles. The van der Waals surface area contributed by atoms with Crippen LogP contribution in [0.25, 0.3) is 10.9 Å². The van der Waals surface area contributed by atoms with Crippen molar-refractivity contribution in [3.05, 3.63) is 59.6 Å². The van der Waals surface area contributed by atoms with Gasteiger partial charge in [-0.3, -0.25) is 0 Å². The number of halogens is 1. The fraction of sp³-hybridized carbons (Fsp3) is 0.0625. The molecular formula is C16H13ClN2O. The number of nitrogens with zero attached hydrogens (tertiary/aromatic N) is 1. The Hall–Kier alpha value is -2.26. The lowest BCUT2D eigenvalue weighted by Gasteiger charge is -2.08. The molecule has 0 aliphatic heterocycles. The average molecular weight is 285 g/mol. The fourth-order valence-corrected chi connectivity index (χ4v) is 2.14. The highest BCUT2D eigenvalue weighted by Crippen LogP contribution is 2.30. The number of ether oxygens (including phenoxy) is 1. The zero-order valence-electron chi connectivity index (χ0n) is 10.9. The van der Waals surface area contributed by atoms with Crippen molar-refractivity contribution in [1.82, 2.24) is 4.98 Å². The largest absolute Gasteiger partial charge is 0.456 e.